The number of rotatable bonds is 5. The van der Waals surface area contributed by atoms with Gasteiger partial charge in [-0.3, -0.25) is 0 Å². The molecular weight excluding hydrogens is 198 g/mol. The molecule has 2 nitrogen and oxygen atoms in total. The Kier molecular flexibility index (Phi) is 4.66. The van der Waals surface area contributed by atoms with Crippen molar-refractivity contribution in [2.75, 3.05) is 26.3 Å². The second-order valence-electron chi connectivity index (χ2n) is 5.99. The first-order valence-electron chi connectivity index (χ1n) is 7.07. The van der Waals surface area contributed by atoms with E-state index in [1.165, 1.54) is 45.2 Å². The molecule has 0 aromatic rings. The Morgan fingerprint density at radius 3 is 2.88 bits per heavy atom. The van der Waals surface area contributed by atoms with Gasteiger partial charge in [0.15, 0.2) is 0 Å². The summed E-state index contributed by atoms with van der Waals surface area (Å²) in [4.78, 5) is 2.74. The molecule has 0 radical (unpaired) electrons. The third-order valence-corrected chi connectivity index (χ3v) is 4.09. The van der Waals surface area contributed by atoms with Gasteiger partial charge in [-0.15, -0.1) is 0 Å². The maximum atomic E-state index is 5.47. The topological polar surface area (TPSA) is 12.5 Å². The van der Waals surface area contributed by atoms with E-state index >= 15 is 0 Å². The van der Waals surface area contributed by atoms with E-state index in [2.05, 4.69) is 18.7 Å². The van der Waals surface area contributed by atoms with Crippen LogP contribution in [0.4, 0.5) is 0 Å². The molecule has 2 heteroatoms. The summed E-state index contributed by atoms with van der Waals surface area (Å²) >= 11 is 0. The van der Waals surface area contributed by atoms with Gasteiger partial charge in [-0.2, -0.15) is 0 Å². The van der Waals surface area contributed by atoms with Gasteiger partial charge in [0, 0.05) is 19.2 Å². The summed E-state index contributed by atoms with van der Waals surface area (Å²) < 4.78 is 5.47. The summed E-state index contributed by atoms with van der Waals surface area (Å²) in [5.74, 6) is 1.68. The lowest BCUT2D eigenvalue weighted by Crippen LogP contribution is -2.34. The third kappa shape index (κ3) is 3.46. The molecule has 2 saturated heterocycles. The average molecular weight is 225 g/mol. The lowest BCUT2D eigenvalue weighted by atomic mass is 10.0. The Bertz CT molecular complexity index is 199. The molecule has 2 fully saturated rings. The normalized spacial score (nSPS) is 31.7. The molecule has 0 amide bonds. The minimum atomic E-state index is 0.819. The van der Waals surface area contributed by atoms with E-state index in [0.29, 0.717) is 0 Å². The zero-order valence-electron chi connectivity index (χ0n) is 11.0. The molecule has 0 spiro atoms. The van der Waals surface area contributed by atoms with Gasteiger partial charge in [-0.05, 0) is 50.5 Å². The first kappa shape index (κ1) is 12.4. The van der Waals surface area contributed by atoms with E-state index in [0.717, 1.165) is 31.1 Å². The Labute approximate surface area is 100 Å². The van der Waals surface area contributed by atoms with E-state index in [1.807, 2.05) is 0 Å². The van der Waals surface area contributed by atoms with Gasteiger partial charge in [0.2, 0.25) is 0 Å². The molecule has 0 aromatic heterocycles. The summed E-state index contributed by atoms with van der Waals surface area (Å²) in [5.41, 5.74) is 0. The zero-order chi connectivity index (χ0) is 11.4. The summed E-state index contributed by atoms with van der Waals surface area (Å²) in [7, 11) is 0. The lowest BCUT2D eigenvalue weighted by Gasteiger charge is -2.27. The van der Waals surface area contributed by atoms with Gasteiger partial charge in [-0.1, -0.05) is 13.8 Å². The van der Waals surface area contributed by atoms with Gasteiger partial charge in [0.25, 0.3) is 0 Å². The molecule has 16 heavy (non-hydrogen) atoms. The predicted molar refractivity (Wildman–Crippen MR) is 67.6 cm³/mol. The molecule has 0 N–H and O–H groups in total. The van der Waals surface area contributed by atoms with Crippen LogP contribution in [0.25, 0.3) is 0 Å². The highest BCUT2D eigenvalue weighted by molar-refractivity contribution is 4.82. The van der Waals surface area contributed by atoms with Gasteiger partial charge < -0.3 is 9.64 Å². The molecule has 2 heterocycles. The van der Waals surface area contributed by atoms with Crippen LogP contribution in [0, 0.1) is 11.8 Å². The molecule has 0 aromatic carbocycles. The molecule has 0 aliphatic carbocycles. The van der Waals surface area contributed by atoms with Crippen molar-refractivity contribution < 1.29 is 4.74 Å². The Balaban J connectivity index is 1.73. The molecular formula is C14H27NO. The smallest absolute Gasteiger partial charge is 0.0507 e. The number of hydrogen-bond acceptors (Lipinski definition) is 2. The molecule has 2 aliphatic heterocycles. The highest BCUT2D eigenvalue weighted by Gasteiger charge is 2.27. The Morgan fingerprint density at radius 2 is 2.19 bits per heavy atom. The fraction of sp³-hybridized carbons (Fsp3) is 1.00. The van der Waals surface area contributed by atoms with Gasteiger partial charge >= 0.3 is 0 Å². The van der Waals surface area contributed by atoms with Crippen molar-refractivity contribution in [2.45, 2.75) is 52.0 Å². The fourth-order valence-electron chi connectivity index (χ4n) is 3.05. The van der Waals surface area contributed by atoms with E-state index in [9.17, 15) is 0 Å². The second kappa shape index (κ2) is 6.02. The minimum Gasteiger partial charge on any atom is -0.381 e. The summed E-state index contributed by atoms with van der Waals surface area (Å²) in [6.45, 7) is 9.30. The minimum absolute atomic E-state index is 0.819. The second-order valence-corrected chi connectivity index (χ2v) is 5.99. The first-order valence-corrected chi connectivity index (χ1v) is 7.07. The Morgan fingerprint density at radius 1 is 1.31 bits per heavy atom. The van der Waals surface area contributed by atoms with Crippen LogP contribution >= 0.6 is 0 Å². The van der Waals surface area contributed by atoms with Gasteiger partial charge in [0.1, 0.15) is 0 Å². The van der Waals surface area contributed by atoms with Crippen LogP contribution in [0.1, 0.15) is 46.0 Å². The van der Waals surface area contributed by atoms with Crippen LogP contribution < -0.4 is 0 Å². The lowest BCUT2D eigenvalue weighted by molar-refractivity contribution is 0.158. The van der Waals surface area contributed by atoms with E-state index < -0.39 is 0 Å². The highest BCUT2D eigenvalue weighted by Crippen LogP contribution is 2.25. The van der Waals surface area contributed by atoms with Crippen LogP contribution in [0.15, 0.2) is 0 Å². The van der Waals surface area contributed by atoms with Crippen molar-refractivity contribution >= 4 is 0 Å². The van der Waals surface area contributed by atoms with E-state index in [4.69, 9.17) is 4.74 Å². The zero-order valence-corrected chi connectivity index (χ0v) is 11.0. The Hall–Kier alpha value is -0.0800. The SMILES string of the molecule is CC(C)CC[C@@H]1CCCN1C[C@@H]1CCOC1. The number of ether oxygens (including phenoxy) is 1. The highest BCUT2D eigenvalue weighted by atomic mass is 16.5. The molecule has 0 bridgehead atoms. The van der Waals surface area contributed by atoms with Crippen molar-refractivity contribution in [1.29, 1.82) is 0 Å². The van der Waals surface area contributed by atoms with Gasteiger partial charge in [-0.25, -0.2) is 0 Å². The van der Waals surface area contributed by atoms with E-state index in [-0.39, 0.29) is 0 Å². The number of nitrogens with zero attached hydrogens (tertiary/aromatic N) is 1. The van der Waals surface area contributed by atoms with Crippen molar-refractivity contribution in [2.24, 2.45) is 11.8 Å². The monoisotopic (exact) mass is 225 g/mol. The maximum absolute atomic E-state index is 5.47. The molecule has 2 rings (SSSR count). The van der Waals surface area contributed by atoms with Gasteiger partial charge in [0.05, 0.1) is 6.61 Å². The molecule has 94 valence electrons. The van der Waals surface area contributed by atoms with Crippen molar-refractivity contribution in [3.05, 3.63) is 0 Å². The number of likely N-dealkylation sites (tertiary alicyclic amines) is 1. The molecule has 2 atom stereocenters. The van der Waals surface area contributed by atoms with Crippen LogP contribution in [-0.4, -0.2) is 37.2 Å². The molecule has 0 unspecified atom stereocenters. The number of hydrogen-bond donors (Lipinski definition) is 0. The quantitative estimate of drug-likeness (QED) is 0.713. The predicted octanol–water partition coefficient (Wildman–Crippen LogP) is 2.92. The summed E-state index contributed by atoms with van der Waals surface area (Å²) in [6.07, 6.45) is 6.93. The van der Waals surface area contributed by atoms with Crippen LogP contribution in [0.3, 0.4) is 0 Å². The van der Waals surface area contributed by atoms with Crippen molar-refractivity contribution in [3.63, 3.8) is 0 Å². The van der Waals surface area contributed by atoms with Crippen LogP contribution in [-0.2, 0) is 4.74 Å². The molecule has 0 saturated carbocycles. The van der Waals surface area contributed by atoms with Crippen LogP contribution in [0.5, 0.6) is 0 Å². The van der Waals surface area contributed by atoms with E-state index in [1.54, 1.807) is 0 Å². The van der Waals surface area contributed by atoms with Crippen LogP contribution in [0.2, 0.25) is 0 Å². The van der Waals surface area contributed by atoms with Crippen molar-refractivity contribution in [1.82, 2.24) is 4.90 Å². The van der Waals surface area contributed by atoms with Crippen molar-refractivity contribution in [3.8, 4) is 0 Å². The molecule has 2 aliphatic rings. The average Bonchev–Trinajstić information content (AvgIpc) is 2.87. The largest absolute Gasteiger partial charge is 0.381 e. The summed E-state index contributed by atoms with van der Waals surface area (Å²) in [6, 6.07) is 0.878. The standard InChI is InChI=1S/C14H27NO/c1-12(2)5-6-14-4-3-8-15(14)10-13-7-9-16-11-13/h12-14H,3-11H2,1-2H3/t13-,14-/m0/s1. The third-order valence-electron chi connectivity index (χ3n) is 4.09. The maximum Gasteiger partial charge on any atom is 0.0507 e. The first-order chi connectivity index (χ1) is 7.75. The fourth-order valence-corrected chi connectivity index (χ4v) is 3.05. The summed E-state index contributed by atoms with van der Waals surface area (Å²) in [5, 5.41) is 0.